The van der Waals surface area contributed by atoms with Crippen molar-refractivity contribution in [2.45, 2.75) is 20.8 Å². The Labute approximate surface area is 113 Å². The molecule has 0 aliphatic rings. The minimum atomic E-state index is -0.460. The van der Waals surface area contributed by atoms with E-state index < -0.39 is 5.97 Å². The molecule has 0 spiro atoms. The van der Waals surface area contributed by atoms with Crippen LogP contribution >= 0.6 is 0 Å². The molecule has 5 heteroatoms. The lowest BCUT2D eigenvalue weighted by molar-refractivity contribution is 0.0602. The molecule has 0 atom stereocenters. The molecule has 1 aromatic rings. The van der Waals surface area contributed by atoms with Crippen LogP contribution in [-0.4, -0.2) is 37.1 Å². The summed E-state index contributed by atoms with van der Waals surface area (Å²) >= 11 is 0. The van der Waals surface area contributed by atoms with Gasteiger partial charge in [0.25, 0.3) is 0 Å². The number of nitrogens with one attached hydrogen (secondary N) is 1. The highest BCUT2D eigenvalue weighted by Gasteiger charge is 2.16. The number of esters is 1. The van der Waals surface area contributed by atoms with Gasteiger partial charge in [0.15, 0.2) is 0 Å². The van der Waals surface area contributed by atoms with Gasteiger partial charge in [-0.2, -0.15) is 0 Å². The van der Waals surface area contributed by atoms with E-state index in [2.05, 4.69) is 5.32 Å². The molecule has 2 amide bonds. The van der Waals surface area contributed by atoms with Gasteiger partial charge in [0, 0.05) is 13.1 Å². The van der Waals surface area contributed by atoms with E-state index in [1.54, 1.807) is 17.0 Å². The fourth-order valence-corrected chi connectivity index (χ4v) is 1.75. The number of rotatable bonds is 4. The first-order valence-corrected chi connectivity index (χ1v) is 6.28. The molecule has 1 aromatic carbocycles. The molecular formula is C14H20N2O3. The van der Waals surface area contributed by atoms with Gasteiger partial charge in [-0.3, -0.25) is 0 Å². The monoisotopic (exact) mass is 264 g/mol. The SMILES string of the molecule is CCN(CC)C(=O)Nc1ccc(C)cc1C(=O)OC. The van der Waals surface area contributed by atoms with Crippen molar-refractivity contribution in [1.29, 1.82) is 0 Å². The van der Waals surface area contributed by atoms with E-state index in [0.29, 0.717) is 24.3 Å². The van der Waals surface area contributed by atoms with Crippen LogP contribution in [0.1, 0.15) is 29.8 Å². The van der Waals surface area contributed by atoms with E-state index in [1.165, 1.54) is 7.11 Å². The largest absolute Gasteiger partial charge is 0.465 e. The molecule has 0 aliphatic carbocycles. The normalized spacial score (nSPS) is 9.89. The molecule has 1 N–H and O–H groups in total. The zero-order valence-corrected chi connectivity index (χ0v) is 11.8. The molecule has 0 aliphatic heterocycles. The molecule has 0 aromatic heterocycles. The van der Waals surface area contributed by atoms with Crippen molar-refractivity contribution in [1.82, 2.24) is 4.90 Å². The Kier molecular flexibility index (Phi) is 5.36. The van der Waals surface area contributed by atoms with Gasteiger partial charge in [-0.25, -0.2) is 9.59 Å². The van der Waals surface area contributed by atoms with Crippen LogP contribution in [0, 0.1) is 6.92 Å². The van der Waals surface area contributed by atoms with E-state index in [-0.39, 0.29) is 6.03 Å². The smallest absolute Gasteiger partial charge is 0.339 e. The van der Waals surface area contributed by atoms with E-state index in [4.69, 9.17) is 4.74 Å². The summed E-state index contributed by atoms with van der Waals surface area (Å²) in [6, 6.07) is 5.02. The lowest BCUT2D eigenvalue weighted by Gasteiger charge is -2.20. The van der Waals surface area contributed by atoms with Crippen molar-refractivity contribution >= 4 is 17.7 Å². The zero-order valence-electron chi connectivity index (χ0n) is 11.8. The molecular weight excluding hydrogens is 244 g/mol. The third kappa shape index (κ3) is 3.71. The average molecular weight is 264 g/mol. The van der Waals surface area contributed by atoms with Crippen molar-refractivity contribution in [3.8, 4) is 0 Å². The Balaban J connectivity index is 3.00. The van der Waals surface area contributed by atoms with Crippen LogP contribution in [0.2, 0.25) is 0 Å². The van der Waals surface area contributed by atoms with Gasteiger partial charge in [0.05, 0.1) is 18.4 Å². The second kappa shape index (κ2) is 6.78. The Bertz CT molecular complexity index is 468. The third-order valence-electron chi connectivity index (χ3n) is 2.87. The van der Waals surface area contributed by atoms with Crippen LogP contribution in [0.5, 0.6) is 0 Å². The van der Waals surface area contributed by atoms with Gasteiger partial charge in [-0.05, 0) is 32.9 Å². The summed E-state index contributed by atoms with van der Waals surface area (Å²) in [4.78, 5) is 25.3. The van der Waals surface area contributed by atoms with E-state index >= 15 is 0 Å². The summed E-state index contributed by atoms with van der Waals surface area (Å²) < 4.78 is 4.72. The number of urea groups is 1. The molecule has 1 rings (SSSR count). The number of hydrogen-bond donors (Lipinski definition) is 1. The first-order valence-electron chi connectivity index (χ1n) is 6.28. The molecule has 0 saturated carbocycles. The predicted molar refractivity (Wildman–Crippen MR) is 74.5 cm³/mol. The van der Waals surface area contributed by atoms with Gasteiger partial charge in [-0.1, -0.05) is 11.6 Å². The number of hydrogen-bond acceptors (Lipinski definition) is 3. The minimum Gasteiger partial charge on any atom is -0.465 e. The van der Waals surface area contributed by atoms with E-state index in [0.717, 1.165) is 5.56 Å². The number of nitrogens with zero attached hydrogens (tertiary/aromatic N) is 1. The fourth-order valence-electron chi connectivity index (χ4n) is 1.75. The van der Waals surface area contributed by atoms with Crippen molar-refractivity contribution in [3.05, 3.63) is 29.3 Å². The maximum atomic E-state index is 12.0. The summed E-state index contributed by atoms with van der Waals surface area (Å²) in [6.45, 7) is 6.91. The highest BCUT2D eigenvalue weighted by molar-refractivity contribution is 6.01. The van der Waals surface area contributed by atoms with Gasteiger partial charge >= 0.3 is 12.0 Å². The number of carbonyl (C=O) groups excluding carboxylic acids is 2. The van der Waals surface area contributed by atoms with Crippen LogP contribution in [0.3, 0.4) is 0 Å². The first-order chi connectivity index (χ1) is 9.03. The number of benzene rings is 1. The molecule has 0 fully saturated rings. The summed E-state index contributed by atoms with van der Waals surface area (Å²) in [7, 11) is 1.32. The fraction of sp³-hybridized carbons (Fsp3) is 0.429. The standard InChI is InChI=1S/C14H20N2O3/c1-5-16(6-2)14(18)15-12-8-7-10(3)9-11(12)13(17)19-4/h7-9H,5-6H2,1-4H3,(H,15,18). The number of amides is 2. The van der Waals surface area contributed by atoms with E-state index in [1.807, 2.05) is 26.8 Å². The number of anilines is 1. The molecule has 0 unspecified atom stereocenters. The van der Waals surface area contributed by atoms with Gasteiger partial charge in [-0.15, -0.1) is 0 Å². The number of ether oxygens (including phenoxy) is 1. The van der Waals surface area contributed by atoms with E-state index in [9.17, 15) is 9.59 Å². The van der Waals surface area contributed by atoms with Crippen molar-refractivity contribution in [2.75, 3.05) is 25.5 Å². The van der Waals surface area contributed by atoms with Crippen LogP contribution < -0.4 is 5.32 Å². The highest BCUT2D eigenvalue weighted by Crippen LogP contribution is 2.19. The molecule has 0 radical (unpaired) electrons. The van der Waals surface area contributed by atoms with Gasteiger partial charge in [0.1, 0.15) is 0 Å². The Morgan fingerprint density at radius 1 is 1.26 bits per heavy atom. The number of methoxy groups -OCH3 is 1. The number of carbonyl (C=O) groups is 2. The summed E-state index contributed by atoms with van der Waals surface area (Å²) in [5.74, 6) is -0.460. The van der Waals surface area contributed by atoms with Crippen LogP contribution in [0.25, 0.3) is 0 Å². The first kappa shape index (κ1) is 15.0. The molecule has 0 saturated heterocycles. The molecule has 104 valence electrons. The predicted octanol–water partition coefficient (Wildman–Crippen LogP) is 2.66. The minimum absolute atomic E-state index is 0.223. The third-order valence-corrected chi connectivity index (χ3v) is 2.87. The van der Waals surface area contributed by atoms with Crippen molar-refractivity contribution in [2.24, 2.45) is 0 Å². The Morgan fingerprint density at radius 2 is 1.89 bits per heavy atom. The maximum absolute atomic E-state index is 12.0. The summed E-state index contributed by atoms with van der Waals surface area (Å²) in [6.07, 6.45) is 0. The van der Waals surface area contributed by atoms with Gasteiger partial charge < -0.3 is 15.0 Å². The Hall–Kier alpha value is -2.04. The van der Waals surface area contributed by atoms with Crippen LogP contribution in [0.15, 0.2) is 18.2 Å². The van der Waals surface area contributed by atoms with Crippen molar-refractivity contribution in [3.63, 3.8) is 0 Å². The lowest BCUT2D eigenvalue weighted by Crippen LogP contribution is -2.34. The van der Waals surface area contributed by atoms with Gasteiger partial charge in [0.2, 0.25) is 0 Å². The highest BCUT2D eigenvalue weighted by atomic mass is 16.5. The van der Waals surface area contributed by atoms with Crippen LogP contribution in [0.4, 0.5) is 10.5 Å². The van der Waals surface area contributed by atoms with Crippen LogP contribution in [-0.2, 0) is 4.74 Å². The Morgan fingerprint density at radius 3 is 2.42 bits per heavy atom. The average Bonchev–Trinajstić information content (AvgIpc) is 2.41. The summed E-state index contributed by atoms with van der Waals surface area (Å²) in [5, 5.41) is 2.74. The topological polar surface area (TPSA) is 58.6 Å². The second-order valence-electron chi connectivity index (χ2n) is 4.14. The second-order valence-corrected chi connectivity index (χ2v) is 4.14. The molecule has 19 heavy (non-hydrogen) atoms. The molecule has 0 bridgehead atoms. The number of aryl methyl sites for hydroxylation is 1. The maximum Gasteiger partial charge on any atom is 0.339 e. The molecule has 0 heterocycles. The lowest BCUT2D eigenvalue weighted by atomic mass is 10.1. The summed E-state index contributed by atoms with van der Waals surface area (Å²) in [5.41, 5.74) is 1.76. The zero-order chi connectivity index (χ0) is 14.4. The quantitative estimate of drug-likeness (QED) is 0.850. The molecule has 5 nitrogen and oxygen atoms in total. The van der Waals surface area contributed by atoms with Crippen molar-refractivity contribution < 1.29 is 14.3 Å².